The molecule has 2 aliphatic carbocycles. The van der Waals surface area contributed by atoms with Crippen LogP contribution in [0.25, 0.3) is 60.9 Å². The van der Waals surface area contributed by atoms with Crippen LogP contribution in [0.2, 0.25) is 0 Å². The Kier molecular flexibility index (Phi) is 6.23. The Labute approximate surface area is 303 Å². The van der Waals surface area contributed by atoms with Crippen LogP contribution in [-0.4, -0.2) is 4.57 Å². The molecule has 1 nitrogen and oxygen atoms in total. The van der Waals surface area contributed by atoms with Crippen LogP contribution in [0.5, 0.6) is 0 Å². The molecule has 0 amide bonds. The maximum Gasteiger partial charge on any atom is 0.0719 e. The maximum absolute atomic E-state index is 2.50. The first-order chi connectivity index (χ1) is 25.8. The average Bonchev–Trinajstić information content (AvgIpc) is 3.69. The van der Waals surface area contributed by atoms with Gasteiger partial charge < -0.3 is 4.57 Å². The van der Waals surface area contributed by atoms with Crippen LogP contribution in [0.15, 0.2) is 200 Å². The zero-order valence-electron chi connectivity index (χ0n) is 28.5. The van der Waals surface area contributed by atoms with E-state index in [-0.39, 0.29) is 0 Å². The molecular weight excluding hydrogens is 627 g/mol. The number of allylic oxidation sites excluding steroid dienone is 1. The lowest BCUT2D eigenvalue weighted by Gasteiger charge is -2.36. The molecule has 0 spiro atoms. The van der Waals surface area contributed by atoms with Gasteiger partial charge in [0.1, 0.15) is 0 Å². The van der Waals surface area contributed by atoms with Gasteiger partial charge in [0.2, 0.25) is 0 Å². The third-order valence-electron chi connectivity index (χ3n) is 11.4. The van der Waals surface area contributed by atoms with Crippen molar-refractivity contribution in [1.29, 1.82) is 0 Å². The van der Waals surface area contributed by atoms with E-state index in [2.05, 4.69) is 205 Å². The van der Waals surface area contributed by atoms with E-state index in [1.165, 1.54) is 88.6 Å². The van der Waals surface area contributed by atoms with Crippen molar-refractivity contribution in [1.82, 2.24) is 4.57 Å². The van der Waals surface area contributed by atoms with Crippen LogP contribution in [0.4, 0.5) is 0 Å². The Balaban J connectivity index is 1.37. The lowest BCUT2D eigenvalue weighted by atomic mass is 9.65. The summed E-state index contributed by atoms with van der Waals surface area (Å²) in [6.07, 6.45) is 0. The Morgan fingerprint density at radius 2 is 0.904 bits per heavy atom. The van der Waals surface area contributed by atoms with Crippen molar-refractivity contribution in [2.75, 3.05) is 0 Å². The van der Waals surface area contributed by atoms with E-state index < -0.39 is 5.41 Å². The highest BCUT2D eigenvalue weighted by Crippen LogP contribution is 2.63. The van der Waals surface area contributed by atoms with Gasteiger partial charge in [-0.15, -0.1) is 0 Å². The monoisotopic (exact) mass is 659 g/mol. The molecule has 0 N–H and O–H groups in total. The number of hydrogen-bond acceptors (Lipinski definition) is 0. The Morgan fingerprint density at radius 3 is 1.60 bits per heavy atom. The molecule has 2 aliphatic rings. The summed E-state index contributed by atoms with van der Waals surface area (Å²) in [7, 11) is 0. The molecule has 0 radical (unpaired) electrons. The summed E-state index contributed by atoms with van der Waals surface area (Å²) in [5, 5.41) is 2.63. The fourth-order valence-electron chi connectivity index (χ4n) is 9.44. The number of nitrogens with zero attached hydrogens (tertiary/aromatic N) is 1. The zero-order valence-corrected chi connectivity index (χ0v) is 28.5. The largest absolute Gasteiger partial charge is 0.309 e. The Bertz CT molecular complexity index is 2820. The van der Waals surface area contributed by atoms with Crippen molar-refractivity contribution in [2.45, 2.75) is 5.41 Å². The summed E-state index contributed by atoms with van der Waals surface area (Å²) < 4.78 is 2.50. The normalized spacial score (nSPS) is 13.8. The molecule has 11 rings (SSSR count). The molecule has 8 aromatic carbocycles. The second kappa shape index (κ2) is 11.2. The molecule has 1 aromatic heterocycles. The minimum absolute atomic E-state index is 0.552. The maximum atomic E-state index is 2.50. The van der Waals surface area contributed by atoms with Gasteiger partial charge in [0.05, 0.1) is 16.4 Å². The quantitative estimate of drug-likeness (QED) is 0.173. The SMILES string of the molecule is c1ccc(C2=C3c4ccccc4-c4cccc5c4c4c3c(ccc4n5-c3cccc(-c4ccccc4)c3)C2(c2ccccc2)c2ccccc2)cc1. The molecule has 242 valence electrons. The Hall–Kier alpha value is -6.70. The van der Waals surface area contributed by atoms with Crippen LogP contribution in [0.3, 0.4) is 0 Å². The van der Waals surface area contributed by atoms with Crippen molar-refractivity contribution in [3.05, 3.63) is 234 Å². The van der Waals surface area contributed by atoms with Crippen LogP contribution in [-0.2, 0) is 5.41 Å². The van der Waals surface area contributed by atoms with Gasteiger partial charge >= 0.3 is 0 Å². The molecule has 0 unspecified atom stereocenters. The fourth-order valence-corrected chi connectivity index (χ4v) is 9.44. The second-order valence-electron chi connectivity index (χ2n) is 14.0. The van der Waals surface area contributed by atoms with Gasteiger partial charge in [-0.2, -0.15) is 0 Å². The number of benzene rings is 8. The van der Waals surface area contributed by atoms with Crippen LogP contribution in [0.1, 0.15) is 33.4 Å². The molecule has 0 atom stereocenters. The van der Waals surface area contributed by atoms with Crippen molar-refractivity contribution in [3.8, 4) is 27.9 Å². The van der Waals surface area contributed by atoms with Crippen LogP contribution in [0, 0.1) is 0 Å². The molecule has 0 aliphatic heterocycles. The van der Waals surface area contributed by atoms with E-state index in [1.807, 2.05) is 0 Å². The minimum atomic E-state index is -0.552. The van der Waals surface area contributed by atoms with Gasteiger partial charge in [0.25, 0.3) is 0 Å². The first-order valence-electron chi connectivity index (χ1n) is 18.1. The summed E-state index contributed by atoms with van der Waals surface area (Å²) >= 11 is 0. The smallest absolute Gasteiger partial charge is 0.0719 e. The number of fused-ring (bicyclic) bond motifs is 3. The molecule has 1 heteroatoms. The first kappa shape index (κ1) is 29.1. The third kappa shape index (κ3) is 3.88. The predicted octanol–water partition coefficient (Wildman–Crippen LogP) is 12.7. The second-order valence-corrected chi connectivity index (χ2v) is 14.0. The van der Waals surface area contributed by atoms with Crippen molar-refractivity contribution in [2.24, 2.45) is 0 Å². The predicted molar refractivity (Wildman–Crippen MR) is 217 cm³/mol. The van der Waals surface area contributed by atoms with Crippen molar-refractivity contribution >= 4 is 33.0 Å². The van der Waals surface area contributed by atoms with Crippen LogP contribution < -0.4 is 0 Å². The molecular formula is C51H33N. The average molecular weight is 660 g/mol. The lowest BCUT2D eigenvalue weighted by molar-refractivity contribution is 0.815. The first-order valence-corrected chi connectivity index (χ1v) is 18.1. The van der Waals surface area contributed by atoms with Crippen molar-refractivity contribution in [3.63, 3.8) is 0 Å². The van der Waals surface area contributed by atoms with Gasteiger partial charge in [-0.25, -0.2) is 0 Å². The number of aromatic nitrogens is 1. The zero-order chi connectivity index (χ0) is 34.2. The fraction of sp³-hybridized carbons (Fsp3) is 0.0196. The van der Waals surface area contributed by atoms with E-state index in [4.69, 9.17) is 0 Å². The van der Waals surface area contributed by atoms with E-state index in [1.54, 1.807) is 0 Å². The van der Waals surface area contributed by atoms with E-state index in [9.17, 15) is 0 Å². The van der Waals surface area contributed by atoms with Gasteiger partial charge in [-0.3, -0.25) is 0 Å². The summed E-state index contributed by atoms with van der Waals surface area (Å²) in [5.41, 5.74) is 18.4. The van der Waals surface area contributed by atoms with Crippen LogP contribution >= 0.6 is 0 Å². The highest BCUT2D eigenvalue weighted by Gasteiger charge is 2.50. The van der Waals surface area contributed by atoms with E-state index in [0.29, 0.717) is 0 Å². The summed E-state index contributed by atoms with van der Waals surface area (Å²) in [5.74, 6) is 0. The highest BCUT2D eigenvalue weighted by atomic mass is 15.0. The molecule has 52 heavy (non-hydrogen) atoms. The van der Waals surface area contributed by atoms with E-state index in [0.717, 1.165) is 5.69 Å². The molecule has 0 fully saturated rings. The van der Waals surface area contributed by atoms with E-state index >= 15 is 0 Å². The minimum Gasteiger partial charge on any atom is -0.309 e. The standard InChI is InChI=1S/C51H33N/c1-5-17-34(18-6-1)36-21-15-26-39(33-36)52-44-30-16-29-41-40-27-13-14-28-42(40)47-48-43(31-32-45(52)49(48)46(41)44)51(37-22-9-3-10-23-37,38-24-11-4-12-25-38)50(47)35-19-7-2-8-20-35/h1-33H. The summed E-state index contributed by atoms with van der Waals surface area (Å²) in [4.78, 5) is 0. The topological polar surface area (TPSA) is 4.93 Å². The van der Waals surface area contributed by atoms with Gasteiger partial charge in [-0.05, 0) is 91.0 Å². The van der Waals surface area contributed by atoms with Crippen molar-refractivity contribution < 1.29 is 0 Å². The number of rotatable bonds is 5. The molecule has 9 aromatic rings. The molecule has 1 heterocycles. The number of hydrogen-bond donors (Lipinski definition) is 0. The molecule has 0 bridgehead atoms. The Morgan fingerprint density at radius 1 is 0.365 bits per heavy atom. The third-order valence-corrected chi connectivity index (χ3v) is 11.4. The summed E-state index contributed by atoms with van der Waals surface area (Å²) in [6.45, 7) is 0. The van der Waals surface area contributed by atoms with Gasteiger partial charge in [0, 0.05) is 16.5 Å². The molecule has 0 saturated carbocycles. The lowest BCUT2D eigenvalue weighted by Crippen LogP contribution is -2.29. The van der Waals surface area contributed by atoms with Gasteiger partial charge in [-0.1, -0.05) is 176 Å². The highest BCUT2D eigenvalue weighted by molar-refractivity contribution is 6.28. The summed E-state index contributed by atoms with van der Waals surface area (Å²) in [6, 6.07) is 74.0. The molecule has 0 saturated heterocycles. The van der Waals surface area contributed by atoms with Gasteiger partial charge in [0.15, 0.2) is 0 Å².